The third-order valence-corrected chi connectivity index (χ3v) is 4.98. The zero-order chi connectivity index (χ0) is 17.2. The molecule has 0 bridgehead atoms. The Balaban J connectivity index is 1.41. The van der Waals surface area contributed by atoms with Crippen LogP contribution in [0.4, 0.5) is 0 Å². The Morgan fingerprint density at radius 2 is 2.32 bits per heavy atom. The van der Waals surface area contributed by atoms with Gasteiger partial charge in [-0.3, -0.25) is 9.48 Å². The average molecular weight is 342 g/mol. The first kappa shape index (κ1) is 16.2. The summed E-state index contributed by atoms with van der Waals surface area (Å²) in [6, 6.07) is 8.04. The average Bonchev–Trinajstić information content (AvgIpc) is 3.34. The van der Waals surface area contributed by atoms with Crippen molar-refractivity contribution in [3.63, 3.8) is 0 Å². The van der Waals surface area contributed by atoms with Gasteiger partial charge in [0.05, 0.1) is 18.8 Å². The Morgan fingerprint density at radius 3 is 3.12 bits per heavy atom. The summed E-state index contributed by atoms with van der Waals surface area (Å²) in [6.07, 6.45) is 3.36. The molecule has 4 rings (SSSR count). The molecule has 1 saturated heterocycles. The number of methoxy groups -OCH3 is 1. The van der Waals surface area contributed by atoms with Gasteiger partial charge in [-0.05, 0) is 24.0 Å². The van der Waals surface area contributed by atoms with Gasteiger partial charge in [-0.25, -0.2) is 0 Å². The molecule has 1 amide bonds. The Hall–Kier alpha value is -2.25. The van der Waals surface area contributed by atoms with Crippen LogP contribution in [0.2, 0.25) is 0 Å². The summed E-state index contributed by atoms with van der Waals surface area (Å²) >= 11 is 0. The largest absolute Gasteiger partial charge is 0.381 e. The van der Waals surface area contributed by atoms with Crippen LogP contribution in [0.25, 0.3) is 0 Å². The van der Waals surface area contributed by atoms with Crippen molar-refractivity contribution in [2.24, 2.45) is 5.92 Å². The third-order valence-electron chi connectivity index (χ3n) is 4.98. The minimum Gasteiger partial charge on any atom is -0.381 e. The van der Waals surface area contributed by atoms with Crippen molar-refractivity contribution in [1.82, 2.24) is 20.3 Å². The second-order valence-corrected chi connectivity index (χ2v) is 6.69. The summed E-state index contributed by atoms with van der Waals surface area (Å²) in [5.41, 5.74) is 2.69. The van der Waals surface area contributed by atoms with Crippen molar-refractivity contribution in [2.45, 2.75) is 31.5 Å². The molecule has 132 valence electrons. The summed E-state index contributed by atoms with van der Waals surface area (Å²) in [5, 5.41) is 11.1. The van der Waals surface area contributed by atoms with Crippen LogP contribution in [-0.4, -0.2) is 47.3 Å². The molecule has 1 aliphatic carbocycles. The summed E-state index contributed by atoms with van der Waals surface area (Å²) in [7, 11) is 1.67. The molecule has 7 heteroatoms. The molecule has 1 aromatic heterocycles. The molecule has 2 heterocycles. The quantitative estimate of drug-likeness (QED) is 0.888. The Labute approximate surface area is 146 Å². The van der Waals surface area contributed by atoms with E-state index in [0.29, 0.717) is 11.6 Å². The van der Waals surface area contributed by atoms with E-state index in [1.54, 1.807) is 18.0 Å². The van der Waals surface area contributed by atoms with E-state index in [9.17, 15) is 4.79 Å². The van der Waals surface area contributed by atoms with Gasteiger partial charge < -0.3 is 14.8 Å². The molecule has 1 fully saturated rings. The highest BCUT2D eigenvalue weighted by Crippen LogP contribution is 2.33. The second-order valence-electron chi connectivity index (χ2n) is 6.69. The molecule has 7 nitrogen and oxygen atoms in total. The summed E-state index contributed by atoms with van der Waals surface area (Å²) in [5.74, 6) is 0.230. The fraction of sp³-hybridized carbons (Fsp3) is 0.500. The van der Waals surface area contributed by atoms with Gasteiger partial charge in [0.2, 0.25) is 0 Å². The molecular formula is C18H22N4O3. The van der Waals surface area contributed by atoms with Gasteiger partial charge in [-0.2, -0.15) is 0 Å². The van der Waals surface area contributed by atoms with Crippen molar-refractivity contribution in [3.8, 4) is 0 Å². The van der Waals surface area contributed by atoms with E-state index >= 15 is 0 Å². The van der Waals surface area contributed by atoms with Crippen molar-refractivity contribution in [3.05, 3.63) is 47.3 Å². The van der Waals surface area contributed by atoms with E-state index in [1.165, 1.54) is 5.56 Å². The number of nitrogens with one attached hydrogen (secondary N) is 1. The van der Waals surface area contributed by atoms with Gasteiger partial charge in [0.15, 0.2) is 5.69 Å². The van der Waals surface area contributed by atoms with Crippen LogP contribution in [0.5, 0.6) is 0 Å². The predicted octanol–water partition coefficient (Wildman–Crippen LogP) is 1.36. The number of fused-ring (bicyclic) bond motifs is 1. The van der Waals surface area contributed by atoms with Crippen LogP contribution in [0.3, 0.4) is 0 Å². The molecule has 25 heavy (non-hydrogen) atoms. The fourth-order valence-corrected chi connectivity index (χ4v) is 3.70. The predicted molar refractivity (Wildman–Crippen MR) is 90.1 cm³/mol. The maximum Gasteiger partial charge on any atom is 0.273 e. The summed E-state index contributed by atoms with van der Waals surface area (Å²) in [4.78, 5) is 12.6. The number of aromatic nitrogens is 3. The molecule has 1 aliphatic heterocycles. The molecule has 3 atom stereocenters. The van der Waals surface area contributed by atoms with Crippen LogP contribution in [-0.2, 0) is 22.4 Å². The summed E-state index contributed by atoms with van der Waals surface area (Å²) < 4.78 is 12.7. The van der Waals surface area contributed by atoms with Crippen molar-refractivity contribution < 1.29 is 14.3 Å². The molecule has 0 saturated carbocycles. The summed E-state index contributed by atoms with van der Waals surface area (Å²) in [6.45, 7) is 2.28. The Bertz CT molecular complexity index is 754. The van der Waals surface area contributed by atoms with Crippen LogP contribution in [0.15, 0.2) is 30.5 Å². The number of hydrogen-bond acceptors (Lipinski definition) is 5. The molecular weight excluding hydrogens is 320 g/mol. The number of benzene rings is 1. The number of nitrogens with zero attached hydrogens (tertiary/aromatic N) is 3. The number of rotatable bonds is 5. The highest BCUT2D eigenvalue weighted by molar-refractivity contribution is 5.92. The van der Waals surface area contributed by atoms with Gasteiger partial charge in [0.1, 0.15) is 6.10 Å². The number of ether oxygens (including phenoxy) is 2. The minimum absolute atomic E-state index is 0.0942. The van der Waals surface area contributed by atoms with Crippen molar-refractivity contribution in [1.29, 1.82) is 0 Å². The molecule has 1 aromatic carbocycles. The van der Waals surface area contributed by atoms with Gasteiger partial charge in [-0.1, -0.05) is 29.5 Å². The smallest absolute Gasteiger partial charge is 0.273 e. The molecule has 2 aromatic rings. The van der Waals surface area contributed by atoms with Gasteiger partial charge >= 0.3 is 0 Å². The highest BCUT2D eigenvalue weighted by atomic mass is 16.5. The van der Waals surface area contributed by atoms with E-state index < -0.39 is 0 Å². The van der Waals surface area contributed by atoms with Crippen LogP contribution in [0.1, 0.15) is 34.1 Å². The van der Waals surface area contributed by atoms with E-state index in [4.69, 9.17) is 9.47 Å². The Kier molecular flexibility index (Phi) is 4.50. The fourth-order valence-electron chi connectivity index (χ4n) is 3.70. The molecule has 1 N–H and O–H groups in total. The molecule has 0 radical (unpaired) electrons. The lowest BCUT2D eigenvalue weighted by molar-refractivity contribution is 0.0672. The molecule has 1 unspecified atom stereocenters. The maximum atomic E-state index is 12.6. The second kappa shape index (κ2) is 6.93. The topological polar surface area (TPSA) is 78.3 Å². The SMILES string of the molecule is CO[C@H]1c2ccccc2C[C@H]1NC(=O)c1cn(CC2CCOC2)nn1. The van der Waals surface area contributed by atoms with Crippen LogP contribution < -0.4 is 5.32 Å². The standard InChI is InChI=1S/C18H22N4O3/c1-24-17-14-5-3-2-4-13(14)8-15(17)19-18(23)16-10-22(21-20-16)9-12-6-7-25-11-12/h2-5,10,12,15,17H,6-9,11H2,1H3,(H,19,23)/t12?,15-,17+/m1/s1. The lowest BCUT2D eigenvalue weighted by Crippen LogP contribution is -2.38. The van der Waals surface area contributed by atoms with E-state index in [0.717, 1.165) is 38.2 Å². The first-order valence-corrected chi connectivity index (χ1v) is 8.64. The van der Waals surface area contributed by atoms with E-state index in [-0.39, 0.29) is 18.1 Å². The van der Waals surface area contributed by atoms with Crippen LogP contribution >= 0.6 is 0 Å². The molecule has 0 spiro atoms. The van der Waals surface area contributed by atoms with Crippen molar-refractivity contribution >= 4 is 5.91 Å². The highest BCUT2D eigenvalue weighted by Gasteiger charge is 2.34. The lowest BCUT2D eigenvalue weighted by atomic mass is 10.1. The van der Waals surface area contributed by atoms with Crippen molar-refractivity contribution in [2.75, 3.05) is 20.3 Å². The minimum atomic E-state index is -0.214. The zero-order valence-corrected chi connectivity index (χ0v) is 14.2. The monoisotopic (exact) mass is 342 g/mol. The normalized spacial score (nSPS) is 25.1. The van der Waals surface area contributed by atoms with Gasteiger partial charge in [0.25, 0.3) is 5.91 Å². The van der Waals surface area contributed by atoms with E-state index in [1.807, 2.05) is 12.1 Å². The van der Waals surface area contributed by atoms with Gasteiger partial charge in [0, 0.05) is 26.2 Å². The van der Waals surface area contributed by atoms with Gasteiger partial charge in [-0.15, -0.1) is 5.10 Å². The Morgan fingerprint density at radius 1 is 1.44 bits per heavy atom. The lowest BCUT2D eigenvalue weighted by Gasteiger charge is -2.19. The van der Waals surface area contributed by atoms with E-state index in [2.05, 4.69) is 27.8 Å². The number of hydrogen-bond donors (Lipinski definition) is 1. The van der Waals surface area contributed by atoms with Crippen LogP contribution in [0, 0.1) is 5.92 Å². The first-order chi connectivity index (χ1) is 12.2. The first-order valence-electron chi connectivity index (χ1n) is 8.64. The maximum absolute atomic E-state index is 12.6. The number of amides is 1. The zero-order valence-electron chi connectivity index (χ0n) is 14.2. The number of carbonyl (C=O) groups excluding carboxylic acids is 1. The molecule has 2 aliphatic rings. The third kappa shape index (κ3) is 3.29. The number of carbonyl (C=O) groups is 1.